The summed E-state index contributed by atoms with van der Waals surface area (Å²) in [7, 11) is 0. The molecule has 2 atom stereocenters. The van der Waals surface area contributed by atoms with Crippen LogP contribution in [0.25, 0.3) is 0 Å². The summed E-state index contributed by atoms with van der Waals surface area (Å²) in [5.74, 6) is -0.916. The van der Waals surface area contributed by atoms with Crippen molar-refractivity contribution in [3.05, 3.63) is 29.8 Å². The fourth-order valence-electron chi connectivity index (χ4n) is 2.34. The first kappa shape index (κ1) is 17.4. The Bertz CT molecular complexity index is 482. The smallest absolute Gasteiger partial charge is 0.387 e. The number of rotatable bonds is 8. The van der Waals surface area contributed by atoms with Crippen LogP contribution in [0.2, 0.25) is 0 Å². The second kappa shape index (κ2) is 7.36. The third kappa shape index (κ3) is 4.67. The molecule has 0 fully saturated rings. The Morgan fingerprint density at radius 3 is 2.57 bits per heavy atom. The molecule has 21 heavy (non-hydrogen) atoms. The number of ether oxygens (including phenoxy) is 1. The molecule has 0 saturated heterocycles. The third-order valence-corrected chi connectivity index (χ3v) is 3.36. The minimum absolute atomic E-state index is 0.0525. The number of aliphatic carboxylic acids is 1. The standard InChI is InChI=1S/C15H21F2NO3/c1-4-9-15(3,13(19)20)18-10(2)11-7-5-6-8-12(11)21-14(16)17/h5-8,10,14,18H,4,9H2,1-3H3,(H,19,20). The van der Waals surface area contributed by atoms with Gasteiger partial charge in [-0.05, 0) is 26.3 Å². The fraction of sp³-hybridized carbons (Fsp3) is 0.533. The highest BCUT2D eigenvalue weighted by Gasteiger charge is 2.34. The lowest BCUT2D eigenvalue weighted by atomic mass is 9.93. The van der Waals surface area contributed by atoms with Gasteiger partial charge in [0.25, 0.3) is 0 Å². The molecule has 0 aromatic heterocycles. The average Bonchev–Trinajstić information content (AvgIpc) is 2.38. The van der Waals surface area contributed by atoms with Gasteiger partial charge in [-0.25, -0.2) is 0 Å². The van der Waals surface area contributed by atoms with Gasteiger partial charge < -0.3 is 9.84 Å². The monoisotopic (exact) mass is 301 g/mol. The van der Waals surface area contributed by atoms with E-state index in [0.29, 0.717) is 18.4 Å². The van der Waals surface area contributed by atoms with Crippen molar-refractivity contribution in [3.8, 4) is 5.75 Å². The zero-order valence-corrected chi connectivity index (χ0v) is 12.4. The molecule has 0 amide bonds. The van der Waals surface area contributed by atoms with E-state index < -0.39 is 24.2 Å². The van der Waals surface area contributed by atoms with Crippen molar-refractivity contribution in [1.29, 1.82) is 0 Å². The molecular formula is C15H21F2NO3. The average molecular weight is 301 g/mol. The number of alkyl halides is 2. The topological polar surface area (TPSA) is 58.6 Å². The Labute approximate surface area is 123 Å². The summed E-state index contributed by atoms with van der Waals surface area (Å²) in [6.07, 6.45) is 1.13. The van der Waals surface area contributed by atoms with Crippen molar-refractivity contribution in [2.75, 3.05) is 0 Å². The maximum atomic E-state index is 12.4. The van der Waals surface area contributed by atoms with E-state index in [1.54, 1.807) is 32.0 Å². The minimum atomic E-state index is -2.92. The maximum Gasteiger partial charge on any atom is 0.387 e. The Balaban J connectivity index is 2.97. The molecule has 118 valence electrons. The van der Waals surface area contributed by atoms with Gasteiger partial charge in [0, 0.05) is 11.6 Å². The molecule has 0 radical (unpaired) electrons. The first-order valence-corrected chi connectivity index (χ1v) is 6.85. The lowest BCUT2D eigenvalue weighted by Gasteiger charge is -2.30. The number of carboxylic acids is 1. The fourth-order valence-corrected chi connectivity index (χ4v) is 2.34. The van der Waals surface area contributed by atoms with Gasteiger partial charge in [-0.2, -0.15) is 8.78 Å². The van der Waals surface area contributed by atoms with Gasteiger partial charge in [0.1, 0.15) is 11.3 Å². The number of hydrogen-bond donors (Lipinski definition) is 2. The lowest BCUT2D eigenvalue weighted by molar-refractivity contribution is -0.144. The number of halogens is 2. The molecule has 0 aliphatic heterocycles. The Kier molecular flexibility index (Phi) is 6.08. The number of para-hydroxylation sites is 1. The van der Waals surface area contributed by atoms with Crippen LogP contribution >= 0.6 is 0 Å². The number of benzene rings is 1. The van der Waals surface area contributed by atoms with Crippen LogP contribution in [0.1, 0.15) is 45.2 Å². The van der Waals surface area contributed by atoms with Gasteiger partial charge in [-0.1, -0.05) is 31.5 Å². The molecule has 0 spiro atoms. The normalized spacial score (nSPS) is 15.5. The lowest BCUT2D eigenvalue weighted by Crippen LogP contribution is -2.50. The largest absolute Gasteiger partial charge is 0.480 e. The molecule has 4 nitrogen and oxygen atoms in total. The van der Waals surface area contributed by atoms with E-state index in [2.05, 4.69) is 10.1 Å². The number of carboxylic acid groups (broad SMARTS) is 1. The van der Waals surface area contributed by atoms with Crippen LogP contribution in [0.15, 0.2) is 24.3 Å². The molecule has 1 aromatic carbocycles. The summed E-state index contributed by atoms with van der Waals surface area (Å²) < 4.78 is 29.3. The number of carbonyl (C=O) groups is 1. The van der Waals surface area contributed by atoms with E-state index in [-0.39, 0.29) is 5.75 Å². The van der Waals surface area contributed by atoms with E-state index in [0.717, 1.165) is 0 Å². The minimum Gasteiger partial charge on any atom is -0.480 e. The van der Waals surface area contributed by atoms with Crippen LogP contribution in [0, 0.1) is 0 Å². The number of hydrogen-bond acceptors (Lipinski definition) is 3. The summed E-state index contributed by atoms with van der Waals surface area (Å²) in [5.41, 5.74) is -0.618. The van der Waals surface area contributed by atoms with Crippen molar-refractivity contribution in [1.82, 2.24) is 5.32 Å². The molecule has 0 bridgehead atoms. The van der Waals surface area contributed by atoms with E-state index in [9.17, 15) is 18.7 Å². The van der Waals surface area contributed by atoms with E-state index in [1.807, 2.05) is 6.92 Å². The SMILES string of the molecule is CCCC(C)(NC(C)c1ccccc1OC(F)F)C(=O)O. The predicted octanol–water partition coefficient (Wildman–Crippen LogP) is 3.58. The van der Waals surface area contributed by atoms with Crippen molar-refractivity contribution in [2.45, 2.75) is 51.8 Å². The van der Waals surface area contributed by atoms with Crippen molar-refractivity contribution in [2.24, 2.45) is 0 Å². The number of nitrogens with one attached hydrogen (secondary N) is 1. The van der Waals surface area contributed by atoms with Gasteiger partial charge in [0.05, 0.1) is 0 Å². The van der Waals surface area contributed by atoms with Crippen LogP contribution in [-0.2, 0) is 4.79 Å². The molecule has 0 aliphatic rings. The van der Waals surface area contributed by atoms with E-state index in [1.165, 1.54) is 6.07 Å². The molecule has 1 rings (SSSR count). The van der Waals surface area contributed by atoms with Gasteiger partial charge in [0.15, 0.2) is 0 Å². The van der Waals surface area contributed by atoms with Crippen molar-refractivity contribution in [3.63, 3.8) is 0 Å². The first-order chi connectivity index (χ1) is 9.80. The van der Waals surface area contributed by atoms with Gasteiger partial charge in [-0.15, -0.1) is 0 Å². The van der Waals surface area contributed by atoms with Crippen LogP contribution in [-0.4, -0.2) is 23.2 Å². The summed E-state index contributed by atoms with van der Waals surface area (Å²) >= 11 is 0. The zero-order chi connectivity index (χ0) is 16.0. The van der Waals surface area contributed by atoms with Crippen molar-refractivity contribution < 1.29 is 23.4 Å². The zero-order valence-electron chi connectivity index (χ0n) is 12.4. The maximum absolute atomic E-state index is 12.4. The highest BCUT2D eigenvalue weighted by molar-refractivity contribution is 5.78. The van der Waals surface area contributed by atoms with Crippen molar-refractivity contribution >= 4 is 5.97 Å². The summed E-state index contributed by atoms with van der Waals surface area (Å²) in [5, 5.41) is 12.4. The molecule has 2 N–H and O–H groups in total. The van der Waals surface area contributed by atoms with Crippen LogP contribution in [0.3, 0.4) is 0 Å². The van der Waals surface area contributed by atoms with Crippen LogP contribution < -0.4 is 10.1 Å². The quantitative estimate of drug-likeness (QED) is 0.770. The third-order valence-electron chi connectivity index (χ3n) is 3.36. The Hall–Kier alpha value is -1.69. The van der Waals surface area contributed by atoms with Gasteiger partial charge in [-0.3, -0.25) is 10.1 Å². The van der Waals surface area contributed by atoms with E-state index in [4.69, 9.17) is 0 Å². The molecule has 0 saturated carbocycles. The Morgan fingerprint density at radius 1 is 1.43 bits per heavy atom. The molecule has 2 unspecified atom stereocenters. The first-order valence-electron chi connectivity index (χ1n) is 6.85. The highest BCUT2D eigenvalue weighted by Crippen LogP contribution is 2.28. The predicted molar refractivity (Wildman–Crippen MR) is 75.6 cm³/mol. The van der Waals surface area contributed by atoms with Gasteiger partial charge in [0.2, 0.25) is 0 Å². The summed E-state index contributed by atoms with van der Waals surface area (Å²) in [6, 6.07) is 5.94. The molecule has 6 heteroatoms. The second-order valence-corrected chi connectivity index (χ2v) is 5.17. The summed E-state index contributed by atoms with van der Waals surface area (Å²) in [4.78, 5) is 11.4. The van der Waals surface area contributed by atoms with E-state index >= 15 is 0 Å². The Morgan fingerprint density at radius 2 is 2.05 bits per heavy atom. The molecular weight excluding hydrogens is 280 g/mol. The molecule has 1 aromatic rings. The summed E-state index contributed by atoms with van der Waals surface area (Å²) in [6.45, 7) is 2.29. The molecule has 0 aliphatic carbocycles. The van der Waals surface area contributed by atoms with Crippen LogP contribution in [0.5, 0.6) is 5.75 Å². The highest BCUT2D eigenvalue weighted by atomic mass is 19.3. The molecule has 0 heterocycles. The van der Waals surface area contributed by atoms with Crippen LogP contribution in [0.4, 0.5) is 8.78 Å². The van der Waals surface area contributed by atoms with Gasteiger partial charge >= 0.3 is 12.6 Å². The second-order valence-electron chi connectivity index (χ2n) is 5.17.